The van der Waals surface area contributed by atoms with Crippen LogP contribution in [0.25, 0.3) is 10.9 Å². The monoisotopic (exact) mass is 400 g/mol. The van der Waals surface area contributed by atoms with Gasteiger partial charge in [0.1, 0.15) is 15.3 Å². The number of hydrogen-bond acceptors (Lipinski definition) is 3. The molecule has 4 rings (SSSR count). The second-order valence-corrected chi connectivity index (χ2v) is 9.20. The molecule has 1 unspecified atom stereocenters. The van der Waals surface area contributed by atoms with E-state index in [-0.39, 0.29) is 21.5 Å². The van der Waals surface area contributed by atoms with Crippen LogP contribution in [-0.4, -0.2) is 29.2 Å². The van der Waals surface area contributed by atoms with E-state index >= 15 is 0 Å². The number of sulfone groups is 1. The van der Waals surface area contributed by atoms with Crippen molar-refractivity contribution in [2.45, 2.75) is 42.7 Å². The van der Waals surface area contributed by atoms with Crippen LogP contribution in [0.5, 0.6) is 0 Å². The van der Waals surface area contributed by atoms with Crippen molar-refractivity contribution >= 4 is 36.5 Å². The van der Waals surface area contributed by atoms with Crippen molar-refractivity contribution in [3.63, 3.8) is 0 Å². The van der Waals surface area contributed by atoms with Gasteiger partial charge in [-0.25, -0.2) is 8.42 Å². The molecule has 1 aromatic heterocycles. The minimum absolute atomic E-state index is 0.00447. The molecule has 1 heterocycles. The molecule has 2 aromatic carbocycles. The first-order valence-electron chi connectivity index (χ1n) is 9.18. The maximum Gasteiger partial charge on any atom is 0.221 e. The van der Waals surface area contributed by atoms with E-state index in [1.165, 1.54) is 0 Å². The molecule has 3 aromatic rings. The van der Waals surface area contributed by atoms with Crippen LogP contribution in [0.4, 0.5) is 4.79 Å². The number of fused-ring (bicyclic) bond motifs is 2. The van der Waals surface area contributed by atoms with Gasteiger partial charge in [-0.2, -0.15) is 0 Å². The lowest BCUT2D eigenvalue weighted by Gasteiger charge is -2.13. The first kappa shape index (κ1) is 19.4. The lowest BCUT2D eigenvalue weighted by Crippen LogP contribution is -2.25. The number of rotatable bonds is 3. The highest BCUT2D eigenvalue weighted by molar-refractivity contribution is 7.91. The Morgan fingerprint density at radius 2 is 1.89 bits per heavy atom. The van der Waals surface area contributed by atoms with Crippen LogP contribution in [0.1, 0.15) is 37.4 Å². The van der Waals surface area contributed by atoms with Gasteiger partial charge < -0.3 is 10.3 Å². The van der Waals surface area contributed by atoms with Gasteiger partial charge in [0.05, 0.1) is 10.9 Å². The molecule has 0 spiro atoms. The predicted octanol–water partition coefficient (Wildman–Crippen LogP) is 3.09. The van der Waals surface area contributed by atoms with Crippen LogP contribution in [0.2, 0.25) is 0 Å². The molecule has 0 saturated heterocycles. The van der Waals surface area contributed by atoms with Gasteiger partial charge in [0, 0.05) is 10.9 Å². The van der Waals surface area contributed by atoms with Gasteiger partial charge in [-0.1, -0.05) is 38.1 Å². The third-order valence-corrected chi connectivity index (χ3v) is 6.64. The molecule has 2 N–H and O–H groups in total. The molecule has 0 fully saturated rings. The number of para-hydroxylation sites is 1. The number of aryl methyl sites for hydroxylation is 1. The van der Waals surface area contributed by atoms with Crippen molar-refractivity contribution < 1.29 is 13.2 Å². The number of H-pyrrole nitrogens is 1. The molecule has 0 bridgehead atoms. The SMILES string of the molecule is CC.O=C([SiH3])NC1CCc2cc(S(=O)(=O)c3cc4ccccc4[nH]3)ccc21. The van der Waals surface area contributed by atoms with Gasteiger partial charge >= 0.3 is 0 Å². The molecule has 5 nitrogen and oxygen atoms in total. The summed E-state index contributed by atoms with van der Waals surface area (Å²) in [4.78, 5) is 14.6. The van der Waals surface area contributed by atoms with E-state index < -0.39 is 9.84 Å². The minimum Gasteiger partial charge on any atom is -0.355 e. The summed E-state index contributed by atoms with van der Waals surface area (Å²) in [6, 6.07) is 14.4. The zero-order valence-electron chi connectivity index (χ0n) is 15.7. The quantitative estimate of drug-likeness (QED) is 0.663. The summed E-state index contributed by atoms with van der Waals surface area (Å²) in [7, 11) is -3.13. The van der Waals surface area contributed by atoms with Crippen molar-refractivity contribution in [1.82, 2.24) is 10.3 Å². The number of aromatic nitrogens is 1. The summed E-state index contributed by atoms with van der Waals surface area (Å²) in [6.07, 6.45) is 1.59. The topological polar surface area (TPSA) is 79.0 Å². The van der Waals surface area contributed by atoms with Crippen LogP contribution < -0.4 is 5.32 Å². The lowest BCUT2D eigenvalue weighted by molar-refractivity contribution is 0.256. The summed E-state index contributed by atoms with van der Waals surface area (Å²) >= 11 is 0. The first-order valence-corrected chi connectivity index (χ1v) is 11.7. The molecule has 1 aliphatic rings. The molecule has 142 valence electrons. The van der Waals surface area contributed by atoms with E-state index in [4.69, 9.17) is 0 Å². The number of amides is 1. The van der Waals surface area contributed by atoms with E-state index in [1.54, 1.807) is 18.2 Å². The van der Waals surface area contributed by atoms with Crippen LogP contribution >= 0.6 is 0 Å². The average molecular weight is 401 g/mol. The van der Waals surface area contributed by atoms with E-state index in [9.17, 15) is 13.2 Å². The second-order valence-electron chi connectivity index (χ2n) is 6.38. The normalized spacial score (nSPS) is 15.9. The Labute approximate surface area is 162 Å². The van der Waals surface area contributed by atoms with E-state index in [1.807, 2.05) is 44.2 Å². The van der Waals surface area contributed by atoms with Crippen LogP contribution in [-0.2, 0) is 16.3 Å². The smallest absolute Gasteiger partial charge is 0.221 e. The van der Waals surface area contributed by atoms with Gasteiger partial charge in [0.15, 0.2) is 5.53 Å². The van der Waals surface area contributed by atoms with Crippen molar-refractivity contribution in [2.24, 2.45) is 0 Å². The van der Waals surface area contributed by atoms with E-state index in [2.05, 4.69) is 10.3 Å². The van der Waals surface area contributed by atoms with Crippen LogP contribution in [0.15, 0.2) is 58.5 Å². The molecular weight excluding hydrogens is 376 g/mol. The number of carbonyl (C=O) groups is 1. The minimum atomic E-state index is -3.60. The summed E-state index contributed by atoms with van der Waals surface area (Å²) in [5.41, 5.74) is 2.89. The highest BCUT2D eigenvalue weighted by Gasteiger charge is 2.26. The molecule has 0 saturated carbocycles. The highest BCUT2D eigenvalue weighted by atomic mass is 32.2. The fourth-order valence-electron chi connectivity index (χ4n) is 3.47. The Kier molecular flexibility index (Phi) is 5.52. The highest BCUT2D eigenvalue weighted by Crippen LogP contribution is 2.34. The molecule has 1 amide bonds. The van der Waals surface area contributed by atoms with Gasteiger partial charge in [-0.15, -0.1) is 0 Å². The summed E-state index contributed by atoms with van der Waals surface area (Å²) in [5, 5.41) is 4.05. The molecule has 0 radical (unpaired) electrons. The number of aromatic amines is 1. The Bertz CT molecular complexity index is 1060. The second kappa shape index (κ2) is 7.70. The summed E-state index contributed by atoms with van der Waals surface area (Å²) in [5.74, 6) is 0. The molecular formula is C20H24N2O3SSi. The van der Waals surface area contributed by atoms with Gasteiger partial charge in [-0.05, 0) is 48.2 Å². The molecule has 7 heteroatoms. The fourth-order valence-corrected chi connectivity index (χ4v) is 5.15. The van der Waals surface area contributed by atoms with Gasteiger partial charge in [-0.3, -0.25) is 4.79 Å². The Hall–Kier alpha value is -2.38. The van der Waals surface area contributed by atoms with Gasteiger partial charge in [0.25, 0.3) is 0 Å². The molecule has 1 aliphatic carbocycles. The third-order valence-electron chi connectivity index (χ3n) is 4.67. The third kappa shape index (κ3) is 3.70. The Morgan fingerprint density at radius 3 is 2.59 bits per heavy atom. The van der Waals surface area contributed by atoms with Crippen molar-refractivity contribution in [1.29, 1.82) is 0 Å². The predicted molar refractivity (Wildman–Crippen MR) is 111 cm³/mol. The van der Waals surface area contributed by atoms with Gasteiger partial charge in [0.2, 0.25) is 9.84 Å². The van der Waals surface area contributed by atoms with E-state index in [0.717, 1.165) is 34.9 Å². The standard InChI is InChI=1S/C18H18N2O3SSi.C2H6/c21-18(25)20-16-8-5-11-9-13(6-7-14(11)16)24(22,23)17-10-12-3-1-2-4-15(12)19-17;1-2/h1-4,6-7,9-10,16,19H,5,8H2,25H3,(H,20,21);1-2H3. The number of nitrogens with one attached hydrogen (secondary N) is 2. The summed E-state index contributed by atoms with van der Waals surface area (Å²) in [6.45, 7) is 4.00. The van der Waals surface area contributed by atoms with Crippen LogP contribution in [0, 0.1) is 0 Å². The number of benzene rings is 2. The van der Waals surface area contributed by atoms with Crippen molar-refractivity contribution in [3.8, 4) is 0 Å². The first-order chi connectivity index (χ1) is 12.9. The van der Waals surface area contributed by atoms with Crippen molar-refractivity contribution in [3.05, 3.63) is 59.7 Å². The lowest BCUT2D eigenvalue weighted by atomic mass is 10.1. The maximum atomic E-state index is 13.0. The fraction of sp³-hybridized carbons (Fsp3) is 0.250. The maximum absolute atomic E-state index is 13.0. The van der Waals surface area contributed by atoms with Crippen molar-refractivity contribution in [2.75, 3.05) is 0 Å². The molecule has 1 atom stereocenters. The van der Waals surface area contributed by atoms with Crippen LogP contribution in [0.3, 0.4) is 0 Å². The van der Waals surface area contributed by atoms with E-state index in [0.29, 0.717) is 10.2 Å². The zero-order valence-corrected chi connectivity index (χ0v) is 18.6. The Balaban J connectivity index is 0.00000102. The number of hydrogen-bond donors (Lipinski definition) is 2. The summed E-state index contributed by atoms with van der Waals surface area (Å²) < 4.78 is 25.9. The zero-order chi connectivity index (χ0) is 19.6. The largest absolute Gasteiger partial charge is 0.355 e. The number of carbonyl (C=O) groups excluding carboxylic acids is 1. The molecule has 27 heavy (non-hydrogen) atoms. The average Bonchev–Trinajstić information content (AvgIpc) is 3.27. The Morgan fingerprint density at radius 1 is 1.15 bits per heavy atom. The molecule has 0 aliphatic heterocycles.